The van der Waals surface area contributed by atoms with Crippen LogP contribution in [0, 0.1) is 0 Å². The van der Waals surface area contributed by atoms with Gasteiger partial charge in [-0.3, -0.25) is 14.5 Å². The second-order valence-corrected chi connectivity index (χ2v) is 7.41. The van der Waals surface area contributed by atoms with E-state index in [0.29, 0.717) is 10.7 Å². The summed E-state index contributed by atoms with van der Waals surface area (Å²) in [5.74, 6) is -0.439. The highest BCUT2D eigenvalue weighted by Crippen LogP contribution is 2.22. The zero-order valence-electron chi connectivity index (χ0n) is 13.4. The highest BCUT2D eigenvalue weighted by atomic mass is 35.5. The number of aromatic nitrogens is 1. The standard InChI is InChI=1S/C18H14ClN3O3S/c19-13-5-7-15(8-6-13)26(24,25)22-17-4-2-1-3-16(17)18(23)21-14-9-11-20-12-10-14/h1-12,22H,(H,20,21,23). The SMILES string of the molecule is O=C(Nc1ccncc1)c1ccccc1NS(=O)(=O)c1ccc(Cl)cc1. The quantitative estimate of drug-likeness (QED) is 0.697. The maximum atomic E-state index is 12.6. The summed E-state index contributed by atoms with van der Waals surface area (Å²) in [4.78, 5) is 16.4. The van der Waals surface area contributed by atoms with Crippen LogP contribution in [0.15, 0.2) is 78.0 Å². The number of sulfonamides is 1. The number of para-hydroxylation sites is 1. The third-order valence-electron chi connectivity index (χ3n) is 3.48. The highest BCUT2D eigenvalue weighted by Gasteiger charge is 2.18. The second kappa shape index (κ2) is 7.55. The number of hydrogen-bond acceptors (Lipinski definition) is 4. The molecular weight excluding hydrogens is 374 g/mol. The van der Waals surface area contributed by atoms with Crippen LogP contribution in [0.2, 0.25) is 5.02 Å². The molecule has 3 aromatic rings. The zero-order chi connectivity index (χ0) is 18.6. The van der Waals surface area contributed by atoms with E-state index in [0.717, 1.165) is 0 Å². The van der Waals surface area contributed by atoms with Gasteiger partial charge < -0.3 is 5.32 Å². The van der Waals surface area contributed by atoms with Crippen molar-refractivity contribution in [2.75, 3.05) is 10.0 Å². The van der Waals surface area contributed by atoms with Crippen molar-refractivity contribution in [3.05, 3.63) is 83.6 Å². The van der Waals surface area contributed by atoms with Crippen molar-refractivity contribution in [1.29, 1.82) is 0 Å². The van der Waals surface area contributed by atoms with Crippen LogP contribution < -0.4 is 10.0 Å². The van der Waals surface area contributed by atoms with E-state index >= 15 is 0 Å². The van der Waals surface area contributed by atoms with Gasteiger partial charge in [-0.1, -0.05) is 23.7 Å². The summed E-state index contributed by atoms with van der Waals surface area (Å²) in [5.41, 5.74) is 0.927. The number of benzene rings is 2. The molecule has 8 heteroatoms. The van der Waals surface area contributed by atoms with Crippen molar-refractivity contribution in [2.24, 2.45) is 0 Å². The number of carbonyl (C=O) groups excluding carboxylic acids is 1. The molecule has 132 valence electrons. The Bertz CT molecular complexity index is 1020. The molecule has 6 nitrogen and oxygen atoms in total. The fourth-order valence-corrected chi connectivity index (χ4v) is 3.43. The number of amides is 1. The van der Waals surface area contributed by atoms with Gasteiger partial charge in [0.15, 0.2) is 0 Å². The van der Waals surface area contributed by atoms with Crippen LogP contribution in [0.5, 0.6) is 0 Å². The minimum Gasteiger partial charge on any atom is -0.322 e. The largest absolute Gasteiger partial charge is 0.322 e. The third-order valence-corrected chi connectivity index (χ3v) is 5.11. The van der Waals surface area contributed by atoms with Crippen molar-refractivity contribution in [1.82, 2.24) is 4.98 Å². The lowest BCUT2D eigenvalue weighted by Gasteiger charge is -2.13. The molecule has 0 aliphatic rings. The van der Waals surface area contributed by atoms with E-state index in [1.807, 2.05) is 0 Å². The van der Waals surface area contributed by atoms with Crippen LogP contribution in [-0.2, 0) is 10.0 Å². The normalized spacial score (nSPS) is 11.0. The molecule has 1 amide bonds. The summed E-state index contributed by atoms with van der Waals surface area (Å²) in [6.45, 7) is 0. The van der Waals surface area contributed by atoms with E-state index in [1.165, 1.54) is 36.4 Å². The predicted octanol–water partition coefficient (Wildman–Crippen LogP) is 3.79. The molecule has 0 fully saturated rings. The maximum Gasteiger partial charge on any atom is 0.261 e. The van der Waals surface area contributed by atoms with Crippen molar-refractivity contribution in [3.63, 3.8) is 0 Å². The number of anilines is 2. The van der Waals surface area contributed by atoms with Gasteiger partial charge in [-0.05, 0) is 48.5 Å². The summed E-state index contributed by atoms with van der Waals surface area (Å²) in [6, 6.07) is 15.4. The molecule has 2 aromatic carbocycles. The van der Waals surface area contributed by atoms with Gasteiger partial charge in [-0.2, -0.15) is 0 Å². The molecular formula is C18H14ClN3O3S. The number of nitrogens with one attached hydrogen (secondary N) is 2. The molecule has 0 aliphatic carbocycles. The van der Waals surface area contributed by atoms with E-state index < -0.39 is 15.9 Å². The molecule has 0 atom stereocenters. The summed E-state index contributed by atoms with van der Waals surface area (Å²) in [6.07, 6.45) is 3.09. The highest BCUT2D eigenvalue weighted by molar-refractivity contribution is 7.92. The summed E-state index contributed by atoms with van der Waals surface area (Å²) in [7, 11) is -3.86. The Morgan fingerprint density at radius 2 is 1.58 bits per heavy atom. The molecule has 1 aromatic heterocycles. The first kappa shape index (κ1) is 17.9. The molecule has 26 heavy (non-hydrogen) atoms. The maximum absolute atomic E-state index is 12.6. The number of nitrogens with zero attached hydrogens (tertiary/aromatic N) is 1. The molecule has 1 heterocycles. The molecule has 0 bridgehead atoms. The lowest BCUT2D eigenvalue weighted by Crippen LogP contribution is -2.18. The summed E-state index contributed by atoms with van der Waals surface area (Å²) in [5, 5.41) is 3.13. The molecule has 0 aliphatic heterocycles. The monoisotopic (exact) mass is 387 g/mol. The van der Waals surface area contributed by atoms with E-state index in [2.05, 4.69) is 15.0 Å². The van der Waals surface area contributed by atoms with Crippen LogP contribution >= 0.6 is 11.6 Å². The van der Waals surface area contributed by atoms with Crippen LogP contribution in [0.1, 0.15) is 10.4 Å². The van der Waals surface area contributed by atoms with Crippen molar-refractivity contribution >= 4 is 38.9 Å². The predicted molar refractivity (Wildman–Crippen MR) is 101 cm³/mol. The zero-order valence-corrected chi connectivity index (χ0v) is 15.0. The van der Waals surface area contributed by atoms with Gasteiger partial charge in [0.1, 0.15) is 0 Å². The van der Waals surface area contributed by atoms with Crippen LogP contribution in [-0.4, -0.2) is 19.3 Å². The van der Waals surface area contributed by atoms with E-state index in [9.17, 15) is 13.2 Å². The average molecular weight is 388 g/mol. The Morgan fingerprint density at radius 1 is 0.923 bits per heavy atom. The molecule has 0 spiro atoms. The Kier molecular flexibility index (Phi) is 5.20. The minimum absolute atomic E-state index is 0.0474. The molecule has 3 rings (SSSR count). The fourth-order valence-electron chi connectivity index (χ4n) is 2.22. The minimum atomic E-state index is -3.86. The first-order chi connectivity index (χ1) is 12.5. The van der Waals surface area contributed by atoms with Gasteiger partial charge in [0.25, 0.3) is 15.9 Å². The molecule has 0 radical (unpaired) electrons. The van der Waals surface area contributed by atoms with E-state index in [1.54, 1.807) is 36.7 Å². The number of hydrogen-bond donors (Lipinski definition) is 2. The van der Waals surface area contributed by atoms with Gasteiger partial charge in [-0.15, -0.1) is 0 Å². The number of rotatable bonds is 5. The summed E-state index contributed by atoms with van der Waals surface area (Å²) >= 11 is 5.79. The van der Waals surface area contributed by atoms with Gasteiger partial charge >= 0.3 is 0 Å². The Balaban J connectivity index is 1.87. The van der Waals surface area contributed by atoms with Crippen molar-refractivity contribution < 1.29 is 13.2 Å². The van der Waals surface area contributed by atoms with Crippen LogP contribution in [0.3, 0.4) is 0 Å². The smallest absolute Gasteiger partial charge is 0.261 e. The van der Waals surface area contributed by atoms with E-state index in [-0.39, 0.29) is 16.1 Å². The first-order valence-corrected chi connectivity index (χ1v) is 9.40. The Morgan fingerprint density at radius 3 is 2.27 bits per heavy atom. The molecule has 0 saturated carbocycles. The van der Waals surface area contributed by atoms with Crippen molar-refractivity contribution in [3.8, 4) is 0 Å². The average Bonchev–Trinajstić information content (AvgIpc) is 2.63. The number of pyridine rings is 1. The Labute approximate surface area is 155 Å². The Hall–Kier alpha value is -2.90. The van der Waals surface area contributed by atoms with Gasteiger partial charge in [0, 0.05) is 23.1 Å². The second-order valence-electron chi connectivity index (χ2n) is 5.30. The van der Waals surface area contributed by atoms with Crippen LogP contribution in [0.25, 0.3) is 0 Å². The number of carbonyl (C=O) groups is 1. The molecule has 0 unspecified atom stereocenters. The summed E-state index contributed by atoms with van der Waals surface area (Å²) < 4.78 is 27.5. The lowest BCUT2D eigenvalue weighted by molar-refractivity contribution is 0.102. The van der Waals surface area contributed by atoms with Crippen LogP contribution in [0.4, 0.5) is 11.4 Å². The van der Waals surface area contributed by atoms with Gasteiger partial charge in [-0.25, -0.2) is 8.42 Å². The van der Waals surface area contributed by atoms with E-state index in [4.69, 9.17) is 11.6 Å². The third kappa shape index (κ3) is 4.19. The number of halogens is 1. The van der Waals surface area contributed by atoms with Crippen molar-refractivity contribution in [2.45, 2.75) is 4.90 Å². The lowest BCUT2D eigenvalue weighted by atomic mass is 10.1. The fraction of sp³-hybridized carbons (Fsp3) is 0. The van der Waals surface area contributed by atoms with Gasteiger partial charge in [0.05, 0.1) is 16.1 Å². The topological polar surface area (TPSA) is 88.2 Å². The molecule has 0 saturated heterocycles. The first-order valence-electron chi connectivity index (χ1n) is 7.54. The molecule has 2 N–H and O–H groups in total. The van der Waals surface area contributed by atoms with Gasteiger partial charge in [0.2, 0.25) is 0 Å².